The number of hydrogen-bond acceptors (Lipinski definition) is 5. The van der Waals surface area contributed by atoms with Crippen molar-refractivity contribution in [1.29, 1.82) is 0 Å². The summed E-state index contributed by atoms with van der Waals surface area (Å²) in [5.74, 6) is -0.386. The minimum Gasteiger partial charge on any atom is -0.300 e. The van der Waals surface area contributed by atoms with E-state index in [9.17, 15) is 14.4 Å². The first-order valence-corrected chi connectivity index (χ1v) is 9.44. The largest absolute Gasteiger partial charge is 0.328 e. The highest BCUT2D eigenvalue weighted by Crippen LogP contribution is 2.30. The molecule has 0 aliphatic rings. The predicted octanol–water partition coefficient (Wildman–Crippen LogP) is 2.56. The van der Waals surface area contributed by atoms with Gasteiger partial charge in [0.05, 0.1) is 5.69 Å². The van der Waals surface area contributed by atoms with E-state index in [0.717, 1.165) is 33.5 Å². The number of nitrogens with one attached hydrogen (secondary N) is 2. The van der Waals surface area contributed by atoms with Crippen LogP contribution in [0.2, 0.25) is 0 Å². The number of rotatable bonds is 6. The van der Waals surface area contributed by atoms with Crippen molar-refractivity contribution in [2.75, 3.05) is 5.32 Å². The van der Waals surface area contributed by atoms with Crippen LogP contribution in [0.5, 0.6) is 0 Å². The molecule has 8 heteroatoms. The van der Waals surface area contributed by atoms with Crippen molar-refractivity contribution in [2.45, 2.75) is 33.2 Å². The fourth-order valence-electron chi connectivity index (χ4n) is 2.72. The molecule has 0 spiro atoms. The molecule has 3 aromatic rings. The molecular weight excluding hydrogens is 364 g/mol. The van der Waals surface area contributed by atoms with E-state index in [0.29, 0.717) is 5.13 Å². The normalized spacial score (nSPS) is 10.7. The second-order valence-electron chi connectivity index (χ2n) is 6.16. The quantitative estimate of drug-likeness (QED) is 0.683. The van der Waals surface area contributed by atoms with Crippen LogP contribution in [-0.4, -0.2) is 20.4 Å². The third-order valence-corrected chi connectivity index (χ3v) is 4.91. The smallest absolute Gasteiger partial charge is 0.300 e. The van der Waals surface area contributed by atoms with Crippen LogP contribution in [0.25, 0.3) is 11.3 Å². The minimum absolute atomic E-state index is 0.199. The Hall–Kier alpha value is -3.00. The van der Waals surface area contributed by atoms with E-state index in [2.05, 4.69) is 34.3 Å². The van der Waals surface area contributed by atoms with Crippen LogP contribution in [0.4, 0.5) is 5.13 Å². The van der Waals surface area contributed by atoms with Crippen LogP contribution >= 0.6 is 11.3 Å². The number of aryl methyl sites for hydroxylation is 2. The van der Waals surface area contributed by atoms with Gasteiger partial charge in [-0.1, -0.05) is 37.6 Å². The van der Waals surface area contributed by atoms with Gasteiger partial charge < -0.3 is 5.32 Å². The third kappa shape index (κ3) is 4.59. The number of carbonyl (C=O) groups excluding carboxylic acids is 1. The summed E-state index contributed by atoms with van der Waals surface area (Å²) in [7, 11) is 0. The summed E-state index contributed by atoms with van der Waals surface area (Å²) in [4.78, 5) is 42.6. The number of nitrogens with zero attached hydrogens (tertiary/aromatic N) is 2. The Kier molecular flexibility index (Phi) is 5.66. The van der Waals surface area contributed by atoms with Gasteiger partial charge in [-0.05, 0) is 18.9 Å². The van der Waals surface area contributed by atoms with Crippen molar-refractivity contribution < 1.29 is 4.79 Å². The van der Waals surface area contributed by atoms with E-state index in [-0.39, 0.29) is 12.5 Å². The Morgan fingerprint density at radius 2 is 1.96 bits per heavy atom. The van der Waals surface area contributed by atoms with Gasteiger partial charge in [-0.25, -0.2) is 9.78 Å². The molecule has 2 aromatic heterocycles. The molecule has 7 nitrogen and oxygen atoms in total. The zero-order valence-corrected chi connectivity index (χ0v) is 15.9. The number of anilines is 1. The van der Waals surface area contributed by atoms with Crippen LogP contribution in [0, 0.1) is 6.92 Å². The van der Waals surface area contributed by atoms with Gasteiger partial charge >= 0.3 is 5.69 Å². The molecule has 1 amide bonds. The maximum Gasteiger partial charge on any atom is 0.328 e. The van der Waals surface area contributed by atoms with E-state index in [4.69, 9.17) is 0 Å². The number of aromatic amines is 1. The first kappa shape index (κ1) is 18.8. The predicted molar refractivity (Wildman–Crippen MR) is 106 cm³/mol. The highest BCUT2D eigenvalue weighted by atomic mass is 32.1. The van der Waals surface area contributed by atoms with Crippen LogP contribution in [0.1, 0.15) is 23.8 Å². The lowest BCUT2D eigenvalue weighted by molar-refractivity contribution is -0.116. The summed E-state index contributed by atoms with van der Waals surface area (Å²) < 4.78 is 1.13. The Balaban J connectivity index is 1.73. The van der Waals surface area contributed by atoms with Gasteiger partial charge in [-0.3, -0.25) is 19.1 Å². The molecule has 0 unspecified atom stereocenters. The molecule has 0 fully saturated rings. The first-order chi connectivity index (χ1) is 13.0. The lowest BCUT2D eigenvalue weighted by atomic mass is 10.1. The number of hydrogen-bond donors (Lipinski definition) is 2. The van der Waals surface area contributed by atoms with E-state index in [1.807, 2.05) is 19.1 Å². The Bertz CT molecular complexity index is 1060. The maximum absolute atomic E-state index is 12.2. The fourth-order valence-corrected chi connectivity index (χ4v) is 3.57. The monoisotopic (exact) mass is 384 g/mol. The van der Waals surface area contributed by atoms with Crippen molar-refractivity contribution >= 4 is 22.4 Å². The van der Waals surface area contributed by atoms with E-state index in [1.165, 1.54) is 29.2 Å². The number of thiazole rings is 1. The van der Waals surface area contributed by atoms with Crippen molar-refractivity contribution in [3.8, 4) is 11.3 Å². The third-order valence-electron chi connectivity index (χ3n) is 4.02. The topological polar surface area (TPSA) is 96.8 Å². The first-order valence-electron chi connectivity index (χ1n) is 8.62. The molecule has 1 aromatic carbocycles. The molecule has 0 saturated carbocycles. The van der Waals surface area contributed by atoms with Gasteiger partial charge in [-0.15, -0.1) is 11.3 Å². The second-order valence-corrected chi connectivity index (χ2v) is 7.36. The number of aromatic nitrogens is 3. The van der Waals surface area contributed by atoms with Crippen molar-refractivity contribution in [2.24, 2.45) is 0 Å². The van der Waals surface area contributed by atoms with Gasteiger partial charge in [0.1, 0.15) is 6.54 Å². The average Bonchev–Trinajstić information content (AvgIpc) is 2.98. The van der Waals surface area contributed by atoms with E-state index >= 15 is 0 Å². The lowest BCUT2D eigenvalue weighted by Gasteiger charge is -2.04. The molecule has 0 bridgehead atoms. The summed E-state index contributed by atoms with van der Waals surface area (Å²) in [6.07, 6.45) is 3.43. The molecule has 0 radical (unpaired) electrons. The molecule has 2 heterocycles. The zero-order valence-electron chi connectivity index (χ0n) is 15.1. The van der Waals surface area contributed by atoms with Crippen molar-refractivity contribution in [3.63, 3.8) is 0 Å². The highest BCUT2D eigenvalue weighted by molar-refractivity contribution is 7.16. The van der Waals surface area contributed by atoms with Crippen LogP contribution in [-0.2, 0) is 17.8 Å². The summed E-state index contributed by atoms with van der Waals surface area (Å²) in [6, 6.07) is 9.47. The molecule has 140 valence electrons. The minimum atomic E-state index is -0.624. The van der Waals surface area contributed by atoms with Gasteiger partial charge in [-0.2, -0.15) is 0 Å². The Labute approximate surface area is 159 Å². The standard InChI is InChI=1S/C19H20N4O3S/c1-3-4-13-5-7-14(8-6-13)17-12(2)27-18(22-17)20-16(25)11-23-10-9-15(24)21-19(23)26/h5-10H,3-4,11H2,1-2H3,(H,20,22,25)(H,21,24,26). The van der Waals surface area contributed by atoms with Gasteiger partial charge in [0.15, 0.2) is 5.13 Å². The van der Waals surface area contributed by atoms with Crippen LogP contribution < -0.4 is 16.6 Å². The number of H-pyrrole nitrogens is 1. The van der Waals surface area contributed by atoms with E-state index < -0.39 is 11.2 Å². The fraction of sp³-hybridized carbons (Fsp3) is 0.263. The van der Waals surface area contributed by atoms with Crippen LogP contribution in [0.15, 0.2) is 46.1 Å². The van der Waals surface area contributed by atoms with Crippen molar-refractivity contribution in [1.82, 2.24) is 14.5 Å². The summed E-state index contributed by atoms with van der Waals surface area (Å²) in [6.45, 7) is 3.90. The molecule has 2 N–H and O–H groups in total. The van der Waals surface area contributed by atoms with Gasteiger partial charge in [0.2, 0.25) is 5.91 Å². The molecule has 3 rings (SSSR count). The molecular formula is C19H20N4O3S. The molecule has 0 saturated heterocycles. The van der Waals surface area contributed by atoms with Gasteiger partial charge in [0.25, 0.3) is 5.56 Å². The molecule has 0 atom stereocenters. The SMILES string of the molecule is CCCc1ccc(-c2nc(NC(=O)Cn3ccc(=O)[nH]c3=O)sc2C)cc1. The van der Waals surface area contributed by atoms with Crippen molar-refractivity contribution in [3.05, 3.63) is 67.8 Å². The second kappa shape index (κ2) is 8.13. The van der Waals surface area contributed by atoms with E-state index in [1.54, 1.807) is 0 Å². The number of amides is 1. The lowest BCUT2D eigenvalue weighted by Crippen LogP contribution is -2.32. The highest BCUT2D eigenvalue weighted by Gasteiger charge is 2.13. The number of benzene rings is 1. The Morgan fingerprint density at radius 1 is 1.22 bits per heavy atom. The maximum atomic E-state index is 12.2. The summed E-state index contributed by atoms with van der Waals surface area (Å²) >= 11 is 1.38. The van der Waals surface area contributed by atoms with Crippen LogP contribution in [0.3, 0.4) is 0 Å². The molecule has 27 heavy (non-hydrogen) atoms. The zero-order chi connectivity index (χ0) is 19.4. The average molecular weight is 384 g/mol. The van der Waals surface area contributed by atoms with Gasteiger partial charge in [0, 0.05) is 22.7 Å². The summed E-state index contributed by atoms with van der Waals surface area (Å²) in [5.41, 5.74) is 2.00. The number of carbonyl (C=O) groups is 1. The Morgan fingerprint density at radius 3 is 2.63 bits per heavy atom. The summed E-state index contributed by atoms with van der Waals surface area (Å²) in [5, 5.41) is 3.19. The molecule has 0 aliphatic carbocycles. The molecule has 0 aliphatic heterocycles.